The highest BCUT2D eigenvalue weighted by molar-refractivity contribution is 5.80. The normalized spacial score (nSPS) is 26.7. The number of amides is 2. The Morgan fingerprint density at radius 1 is 1.04 bits per heavy atom. The number of methoxy groups -OCH3 is 1. The van der Waals surface area contributed by atoms with Gasteiger partial charge in [-0.05, 0) is 33.1 Å². The summed E-state index contributed by atoms with van der Waals surface area (Å²) in [7, 11) is 1.74. The van der Waals surface area contributed by atoms with Gasteiger partial charge in [-0.2, -0.15) is 0 Å². The Kier molecular flexibility index (Phi) is 7.04. The number of piperidine rings is 1. The number of hydrogen-bond donors (Lipinski definition) is 0. The van der Waals surface area contributed by atoms with Gasteiger partial charge in [-0.3, -0.25) is 14.5 Å². The number of nitrogens with zero attached hydrogens (tertiary/aromatic N) is 3. The molecule has 2 saturated heterocycles. The monoisotopic (exact) mass is 339 g/mol. The molecule has 0 bridgehead atoms. The molecule has 0 aromatic rings. The van der Waals surface area contributed by atoms with Gasteiger partial charge in [0, 0.05) is 71.4 Å². The lowest BCUT2D eigenvalue weighted by Crippen LogP contribution is -2.59. The van der Waals surface area contributed by atoms with Crippen LogP contribution >= 0.6 is 0 Å². The van der Waals surface area contributed by atoms with Crippen molar-refractivity contribution in [2.45, 2.75) is 52.1 Å². The first-order valence-electron chi connectivity index (χ1n) is 9.23. The molecule has 24 heavy (non-hydrogen) atoms. The SMILES string of the molecule is COCCCN1C(C)CN(C(=O)C2CCN(C(C)=O)CC2)CC1C. The molecule has 2 heterocycles. The van der Waals surface area contributed by atoms with Crippen molar-refractivity contribution >= 4 is 11.8 Å². The molecule has 2 fully saturated rings. The van der Waals surface area contributed by atoms with Crippen LogP contribution in [0.15, 0.2) is 0 Å². The van der Waals surface area contributed by atoms with Crippen LogP contribution in [0.5, 0.6) is 0 Å². The van der Waals surface area contributed by atoms with Gasteiger partial charge in [0.25, 0.3) is 0 Å². The van der Waals surface area contributed by atoms with Crippen LogP contribution in [0, 0.1) is 5.92 Å². The Morgan fingerprint density at radius 2 is 1.62 bits per heavy atom. The number of carbonyl (C=O) groups excluding carboxylic acids is 2. The topological polar surface area (TPSA) is 53.1 Å². The van der Waals surface area contributed by atoms with E-state index < -0.39 is 0 Å². The maximum absolute atomic E-state index is 12.9. The van der Waals surface area contributed by atoms with E-state index in [9.17, 15) is 9.59 Å². The van der Waals surface area contributed by atoms with Gasteiger partial charge in [-0.25, -0.2) is 0 Å². The van der Waals surface area contributed by atoms with Crippen molar-refractivity contribution in [3.8, 4) is 0 Å². The first kappa shape index (κ1) is 19.2. The predicted molar refractivity (Wildman–Crippen MR) is 93.7 cm³/mol. The zero-order valence-electron chi connectivity index (χ0n) is 15.7. The van der Waals surface area contributed by atoms with Crippen molar-refractivity contribution in [2.24, 2.45) is 5.92 Å². The van der Waals surface area contributed by atoms with Gasteiger partial charge in [0.2, 0.25) is 11.8 Å². The molecule has 2 amide bonds. The van der Waals surface area contributed by atoms with E-state index in [1.165, 1.54) is 0 Å². The summed E-state index contributed by atoms with van der Waals surface area (Å²) in [6.45, 7) is 10.9. The molecule has 0 radical (unpaired) electrons. The van der Waals surface area contributed by atoms with Crippen LogP contribution in [-0.2, 0) is 14.3 Å². The van der Waals surface area contributed by atoms with E-state index in [2.05, 4.69) is 23.6 Å². The van der Waals surface area contributed by atoms with Gasteiger partial charge in [-0.1, -0.05) is 0 Å². The Morgan fingerprint density at radius 3 is 2.12 bits per heavy atom. The minimum Gasteiger partial charge on any atom is -0.385 e. The molecule has 0 aromatic heterocycles. The molecule has 2 aliphatic rings. The zero-order valence-corrected chi connectivity index (χ0v) is 15.7. The Hall–Kier alpha value is -1.14. The maximum Gasteiger partial charge on any atom is 0.225 e. The Labute approximate surface area is 146 Å². The minimum absolute atomic E-state index is 0.0834. The van der Waals surface area contributed by atoms with E-state index in [-0.39, 0.29) is 17.7 Å². The summed E-state index contributed by atoms with van der Waals surface area (Å²) in [5.41, 5.74) is 0. The second kappa shape index (κ2) is 8.81. The fraction of sp³-hybridized carbons (Fsp3) is 0.889. The van der Waals surface area contributed by atoms with Gasteiger partial charge in [0.15, 0.2) is 0 Å². The number of likely N-dealkylation sites (tertiary alicyclic amines) is 1. The average molecular weight is 339 g/mol. The molecule has 0 N–H and O–H groups in total. The van der Waals surface area contributed by atoms with Crippen molar-refractivity contribution in [1.82, 2.24) is 14.7 Å². The molecule has 0 aromatic carbocycles. The van der Waals surface area contributed by atoms with E-state index in [0.29, 0.717) is 25.2 Å². The van der Waals surface area contributed by atoms with Gasteiger partial charge in [-0.15, -0.1) is 0 Å². The Balaban J connectivity index is 1.85. The summed E-state index contributed by atoms with van der Waals surface area (Å²) in [4.78, 5) is 30.7. The van der Waals surface area contributed by atoms with Crippen molar-refractivity contribution in [3.05, 3.63) is 0 Å². The lowest BCUT2D eigenvalue weighted by Gasteiger charge is -2.46. The van der Waals surface area contributed by atoms with Crippen LogP contribution in [-0.4, -0.2) is 85.0 Å². The summed E-state index contributed by atoms with van der Waals surface area (Å²) in [5, 5.41) is 0. The number of hydrogen-bond acceptors (Lipinski definition) is 4. The van der Waals surface area contributed by atoms with E-state index in [1.807, 2.05) is 4.90 Å². The summed E-state index contributed by atoms with van der Waals surface area (Å²) in [5.74, 6) is 0.487. The number of rotatable bonds is 5. The fourth-order valence-corrected chi connectivity index (χ4v) is 4.07. The first-order valence-corrected chi connectivity index (χ1v) is 9.23. The third-order valence-electron chi connectivity index (χ3n) is 5.47. The van der Waals surface area contributed by atoms with Crippen LogP contribution in [0.1, 0.15) is 40.0 Å². The van der Waals surface area contributed by atoms with E-state index in [1.54, 1.807) is 14.0 Å². The molecule has 2 unspecified atom stereocenters. The van der Waals surface area contributed by atoms with Gasteiger partial charge >= 0.3 is 0 Å². The van der Waals surface area contributed by atoms with Crippen LogP contribution in [0.25, 0.3) is 0 Å². The van der Waals surface area contributed by atoms with Crippen LogP contribution in [0.2, 0.25) is 0 Å². The third-order valence-corrected chi connectivity index (χ3v) is 5.47. The van der Waals surface area contributed by atoms with Gasteiger partial charge < -0.3 is 14.5 Å². The molecule has 2 aliphatic heterocycles. The van der Waals surface area contributed by atoms with Crippen LogP contribution in [0.4, 0.5) is 0 Å². The molecule has 138 valence electrons. The second-order valence-corrected chi connectivity index (χ2v) is 7.31. The fourth-order valence-electron chi connectivity index (χ4n) is 4.07. The highest BCUT2D eigenvalue weighted by atomic mass is 16.5. The minimum atomic E-state index is 0.0834. The highest BCUT2D eigenvalue weighted by Crippen LogP contribution is 2.23. The van der Waals surface area contributed by atoms with Gasteiger partial charge in [0.1, 0.15) is 0 Å². The molecular weight excluding hydrogens is 306 g/mol. The lowest BCUT2D eigenvalue weighted by molar-refractivity contribution is -0.143. The molecular formula is C18H33N3O3. The van der Waals surface area contributed by atoms with E-state index >= 15 is 0 Å². The summed E-state index contributed by atoms with van der Waals surface area (Å²) in [6, 6.07) is 0.763. The standard InChI is InChI=1S/C18H33N3O3/c1-14-12-20(13-15(2)21(14)8-5-11-24-4)18(23)17-6-9-19(10-7-17)16(3)22/h14-15,17H,5-13H2,1-4H3. The highest BCUT2D eigenvalue weighted by Gasteiger charge is 2.35. The van der Waals surface area contributed by atoms with Crippen molar-refractivity contribution in [1.29, 1.82) is 0 Å². The van der Waals surface area contributed by atoms with E-state index in [4.69, 9.17) is 4.74 Å². The largest absolute Gasteiger partial charge is 0.385 e. The molecule has 0 aliphatic carbocycles. The predicted octanol–water partition coefficient (Wildman–Crippen LogP) is 1.20. The van der Waals surface area contributed by atoms with Gasteiger partial charge in [0.05, 0.1) is 0 Å². The smallest absolute Gasteiger partial charge is 0.225 e. The summed E-state index contributed by atoms with van der Waals surface area (Å²) >= 11 is 0. The molecule has 0 saturated carbocycles. The number of ether oxygens (including phenoxy) is 1. The first-order chi connectivity index (χ1) is 11.4. The van der Waals surface area contributed by atoms with Crippen molar-refractivity contribution < 1.29 is 14.3 Å². The average Bonchev–Trinajstić information content (AvgIpc) is 2.56. The number of carbonyl (C=O) groups is 2. The Bertz CT molecular complexity index is 423. The quantitative estimate of drug-likeness (QED) is 0.707. The zero-order chi connectivity index (χ0) is 17.7. The molecule has 2 atom stereocenters. The molecule has 2 rings (SSSR count). The summed E-state index contributed by atoms with van der Waals surface area (Å²) in [6.07, 6.45) is 2.63. The van der Waals surface area contributed by atoms with Crippen LogP contribution < -0.4 is 0 Å². The van der Waals surface area contributed by atoms with Crippen LogP contribution in [0.3, 0.4) is 0 Å². The third kappa shape index (κ3) is 4.70. The van der Waals surface area contributed by atoms with Crippen molar-refractivity contribution in [3.63, 3.8) is 0 Å². The maximum atomic E-state index is 12.9. The molecule has 6 heteroatoms. The van der Waals surface area contributed by atoms with Crippen molar-refractivity contribution in [2.75, 3.05) is 46.4 Å². The van der Waals surface area contributed by atoms with E-state index in [0.717, 1.165) is 45.5 Å². The molecule has 6 nitrogen and oxygen atoms in total. The number of piperazine rings is 1. The summed E-state index contributed by atoms with van der Waals surface area (Å²) < 4.78 is 5.15. The second-order valence-electron chi connectivity index (χ2n) is 7.31. The lowest BCUT2D eigenvalue weighted by atomic mass is 9.94. The molecule has 0 spiro atoms.